The number of rotatable bonds is 6. The van der Waals surface area contributed by atoms with Crippen LogP contribution in [0.3, 0.4) is 0 Å². The standard InChI is InChI=1S/C23H29F3N4O3S/c1-16-14-18(8-11-27-16)29-34(31,32)21-6-7-22(28-15-21)33-20-9-12-30(13-10-20)19-4-2-17(3-5-19)23(24,25)26/h2-7,15-16,18,20,27,29H,8-14H2,1H3/t16-,18?/m0/s1. The van der Waals surface area contributed by atoms with Gasteiger partial charge in [-0.25, -0.2) is 18.1 Å². The first-order chi connectivity index (χ1) is 16.1. The number of sulfonamides is 1. The second kappa shape index (κ2) is 10.1. The number of benzene rings is 1. The van der Waals surface area contributed by atoms with Crippen molar-refractivity contribution in [1.29, 1.82) is 0 Å². The third-order valence-electron chi connectivity index (χ3n) is 6.25. The Morgan fingerprint density at radius 1 is 1.09 bits per heavy atom. The average Bonchev–Trinajstić information content (AvgIpc) is 2.79. The van der Waals surface area contributed by atoms with Gasteiger partial charge in [-0.05, 0) is 56.6 Å². The fourth-order valence-corrected chi connectivity index (χ4v) is 5.61. The summed E-state index contributed by atoms with van der Waals surface area (Å²) in [6, 6.07) is 8.38. The van der Waals surface area contributed by atoms with Crippen molar-refractivity contribution in [3.63, 3.8) is 0 Å². The summed E-state index contributed by atoms with van der Waals surface area (Å²) < 4.78 is 72.3. The maximum absolute atomic E-state index is 12.8. The van der Waals surface area contributed by atoms with Crippen molar-refractivity contribution in [2.45, 2.75) is 61.9 Å². The smallest absolute Gasteiger partial charge is 0.416 e. The van der Waals surface area contributed by atoms with Gasteiger partial charge in [0.1, 0.15) is 11.0 Å². The van der Waals surface area contributed by atoms with Gasteiger partial charge in [-0.1, -0.05) is 0 Å². The molecule has 34 heavy (non-hydrogen) atoms. The quantitative estimate of drug-likeness (QED) is 0.634. The van der Waals surface area contributed by atoms with Crippen LogP contribution in [0.15, 0.2) is 47.5 Å². The van der Waals surface area contributed by atoms with Crippen molar-refractivity contribution in [3.8, 4) is 5.88 Å². The summed E-state index contributed by atoms with van der Waals surface area (Å²) in [7, 11) is -3.66. The Kier molecular flexibility index (Phi) is 7.34. The highest BCUT2D eigenvalue weighted by atomic mass is 32.2. The molecule has 0 aliphatic carbocycles. The van der Waals surface area contributed by atoms with Crippen molar-refractivity contribution in [2.24, 2.45) is 0 Å². The Balaban J connectivity index is 1.29. The van der Waals surface area contributed by atoms with Gasteiger partial charge in [-0.15, -0.1) is 0 Å². The van der Waals surface area contributed by atoms with Gasteiger partial charge < -0.3 is 15.0 Å². The van der Waals surface area contributed by atoms with Gasteiger partial charge in [0.2, 0.25) is 15.9 Å². The minimum absolute atomic E-state index is 0.100. The Hall–Kier alpha value is -2.37. The summed E-state index contributed by atoms with van der Waals surface area (Å²) in [6.07, 6.45) is -0.309. The normalized spacial score (nSPS) is 22.5. The first-order valence-corrected chi connectivity index (χ1v) is 12.9. The molecule has 186 valence electrons. The first-order valence-electron chi connectivity index (χ1n) is 11.4. The molecular weight excluding hydrogens is 469 g/mol. The van der Waals surface area contributed by atoms with Crippen molar-refractivity contribution in [2.75, 3.05) is 24.5 Å². The molecule has 0 spiro atoms. The SMILES string of the molecule is C[C@H]1CC(NS(=O)(=O)c2ccc(OC3CCN(c4ccc(C(F)(F)F)cc4)CC3)nc2)CCN1. The number of alkyl halides is 3. The van der Waals surface area contributed by atoms with Gasteiger partial charge in [0.05, 0.1) is 11.8 Å². The molecule has 2 saturated heterocycles. The summed E-state index contributed by atoms with van der Waals surface area (Å²) in [4.78, 5) is 6.31. The monoisotopic (exact) mass is 498 g/mol. The zero-order chi connectivity index (χ0) is 24.3. The number of pyridine rings is 1. The lowest BCUT2D eigenvalue weighted by Gasteiger charge is -2.33. The van der Waals surface area contributed by atoms with Gasteiger partial charge in [-0.2, -0.15) is 13.2 Å². The molecular formula is C23H29F3N4O3S. The Morgan fingerprint density at radius 2 is 1.79 bits per heavy atom. The number of nitrogens with zero attached hydrogens (tertiary/aromatic N) is 2. The van der Waals surface area contributed by atoms with Gasteiger partial charge in [0, 0.05) is 49.8 Å². The highest BCUT2D eigenvalue weighted by Gasteiger charge is 2.30. The molecule has 2 aliphatic heterocycles. The fraction of sp³-hybridized carbons (Fsp3) is 0.522. The molecule has 7 nitrogen and oxygen atoms in total. The Morgan fingerprint density at radius 3 is 2.38 bits per heavy atom. The van der Waals surface area contributed by atoms with E-state index in [-0.39, 0.29) is 23.1 Å². The van der Waals surface area contributed by atoms with Crippen molar-refractivity contribution in [1.82, 2.24) is 15.0 Å². The lowest BCUT2D eigenvalue weighted by atomic mass is 10.0. The Bertz CT molecular complexity index is 1050. The third-order valence-corrected chi connectivity index (χ3v) is 7.76. The van der Waals surface area contributed by atoms with Crippen LogP contribution in [-0.2, 0) is 16.2 Å². The van der Waals surface area contributed by atoms with E-state index in [0.29, 0.717) is 31.8 Å². The van der Waals surface area contributed by atoms with E-state index in [1.54, 1.807) is 6.07 Å². The molecule has 2 aromatic rings. The largest absolute Gasteiger partial charge is 0.474 e. The lowest BCUT2D eigenvalue weighted by molar-refractivity contribution is -0.137. The van der Waals surface area contributed by atoms with Crippen LogP contribution in [0.2, 0.25) is 0 Å². The van der Waals surface area contributed by atoms with E-state index >= 15 is 0 Å². The maximum Gasteiger partial charge on any atom is 0.416 e. The fourth-order valence-electron chi connectivity index (χ4n) is 4.39. The summed E-state index contributed by atoms with van der Waals surface area (Å²) in [5.74, 6) is 0.349. The molecule has 1 aromatic carbocycles. The molecule has 2 N–H and O–H groups in total. The summed E-state index contributed by atoms with van der Waals surface area (Å²) >= 11 is 0. The molecule has 0 bridgehead atoms. The van der Waals surface area contributed by atoms with E-state index in [0.717, 1.165) is 37.2 Å². The van der Waals surface area contributed by atoms with Crippen LogP contribution >= 0.6 is 0 Å². The molecule has 4 rings (SSSR count). The summed E-state index contributed by atoms with van der Waals surface area (Å²) in [6.45, 7) is 4.08. The first kappa shape index (κ1) is 24.7. The van der Waals surface area contributed by atoms with Crippen molar-refractivity contribution in [3.05, 3.63) is 48.2 Å². The van der Waals surface area contributed by atoms with E-state index in [2.05, 4.69) is 15.0 Å². The van der Waals surface area contributed by atoms with E-state index in [1.165, 1.54) is 24.4 Å². The van der Waals surface area contributed by atoms with E-state index < -0.39 is 21.8 Å². The van der Waals surface area contributed by atoms with Gasteiger partial charge in [0.25, 0.3) is 0 Å². The molecule has 2 atom stereocenters. The molecule has 1 unspecified atom stereocenters. The van der Waals surface area contributed by atoms with Crippen molar-refractivity contribution >= 4 is 15.7 Å². The number of hydrogen-bond donors (Lipinski definition) is 2. The van der Waals surface area contributed by atoms with Crippen molar-refractivity contribution < 1.29 is 26.3 Å². The van der Waals surface area contributed by atoms with Gasteiger partial charge in [-0.3, -0.25) is 0 Å². The number of nitrogens with one attached hydrogen (secondary N) is 2. The number of anilines is 1. The molecule has 0 saturated carbocycles. The van der Waals surface area contributed by atoms with Crippen LogP contribution in [0.25, 0.3) is 0 Å². The summed E-state index contributed by atoms with van der Waals surface area (Å²) in [5.41, 5.74) is 0.0845. The number of halogens is 3. The number of piperidine rings is 2. The zero-order valence-electron chi connectivity index (χ0n) is 18.9. The molecule has 1 aromatic heterocycles. The molecule has 2 fully saturated rings. The molecule has 3 heterocycles. The van der Waals surface area contributed by atoms with Crippen LogP contribution in [0, 0.1) is 0 Å². The van der Waals surface area contributed by atoms with Crippen LogP contribution in [0.4, 0.5) is 18.9 Å². The molecule has 0 radical (unpaired) electrons. The zero-order valence-corrected chi connectivity index (χ0v) is 19.7. The highest BCUT2D eigenvalue weighted by Crippen LogP contribution is 2.31. The van der Waals surface area contributed by atoms with Gasteiger partial charge in [0.15, 0.2) is 0 Å². The molecule has 11 heteroatoms. The predicted octanol–water partition coefficient (Wildman–Crippen LogP) is 3.57. The predicted molar refractivity (Wildman–Crippen MR) is 122 cm³/mol. The van der Waals surface area contributed by atoms with Crippen LogP contribution < -0.4 is 19.7 Å². The Labute approximate surface area is 197 Å². The maximum atomic E-state index is 12.8. The lowest BCUT2D eigenvalue weighted by Crippen LogP contribution is -2.46. The summed E-state index contributed by atoms with van der Waals surface area (Å²) in [5, 5.41) is 3.30. The number of aromatic nitrogens is 1. The second-order valence-corrected chi connectivity index (χ2v) is 10.6. The van der Waals surface area contributed by atoms with E-state index in [1.807, 2.05) is 11.8 Å². The van der Waals surface area contributed by atoms with Crippen LogP contribution in [-0.4, -0.2) is 51.2 Å². The number of hydrogen-bond acceptors (Lipinski definition) is 6. The van der Waals surface area contributed by atoms with Gasteiger partial charge >= 0.3 is 6.18 Å². The minimum Gasteiger partial charge on any atom is -0.474 e. The van der Waals surface area contributed by atoms with E-state index in [4.69, 9.17) is 4.74 Å². The number of ether oxygens (including phenoxy) is 1. The molecule has 0 amide bonds. The van der Waals surface area contributed by atoms with Crippen LogP contribution in [0.5, 0.6) is 5.88 Å². The second-order valence-electron chi connectivity index (χ2n) is 8.88. The third kappa shape index (κ3) is 6.19. The van der Waals surface area contributed by atoms with E-state index in [9.17, 15) is 21.6 Å². The minimum atomic E-state index is -4.34. The topological polar surface area (TPSA) is 83.6 Å². The average molecular weight is 499 g/mol. The molecule has 2 aliphatic rings. The highest BCUT2D eigenvalue weighted by molar-refractivity contribution is 7.89. The van der Waals surface area contributed by atoms with Crippen LogP contribution in [0.1, 0.15) is 38.2 Å².